The fourth-order valence-corrected chi connectivity index (χ4v) is 3.96. The minimum atomic E-state index is -0.547. The maximum atomic E-state index is 13.1. The number of amides is 2. The van der Waals surface area contributed by atoms with Crippen LogP contribution in [-0.2, 0) is 16.1 Å². The Labute approximate surface area is 184 Å². The fraction of sp³-hybridized carbons (Fsp3) is 0.360. The number of likely N-dealkylation sites (N-methyl/N-ethyl adjacent to an activating group) is 2. The molecule has 0 saturated heterocycles. The Morgan fingerprint density at radius 2 is 1.84 bits per heavy atom. The summed E-state index contributed by atoms with van der Waals surface area (Å²) in [4.78, 5) is 29.8. The molecule has 0 bridgehead atoms. The molecule has 0 aliphatic carbocycles. The maximum absolute atomic E-state index is 13.1. The van der Waals surface area contributed by atoms with E-state index in [2.05, 4.69) is 22.3 Å². The molecular formula is C25H31N3O3. The van der Waals surface area contributed by atoms with Gasteiger partial charge in [-0.25, -0.2) is 9.59 Å². The fourth-order valence-electron chi connectivity index (χ4n) is 3.96. The number of benzene rings is 2. The second kappa shape index (κ2) is 10.3. The van der Waals surface area contributed by atoms with Crippen LogP contribution in [0.5, 0.6) is 0 Å². The van der Waals surface area contributed by atoms with E-state index in [9.17, 15) is 9.59 Å². The summed E-state index contributed by atoms with van der Waals surface area (Å²) in [5, 5.41) is 3.01. The van der Waals surface area contributed by atoms with E-state index >= 15 is 0 Å². The first-order valence-corrected chi connectivity index (χ1v) is 10.7. The number of ether oxygens (including phenoxy) is 1. The molecule has 1 atom stereocenters. The summed E-state index contributed by atoms with van der Waals surface area (Å²) < 4.78 is 5.43. The summed E-state index contributed by atoms with van der Waals surface area (Å²) in [5.41, 5.74) is 4.29. The lowest BCUT2D eigenvalue weighted by Crippen LogP contribution is -2.50. The Balaban J connectivity index is 2.04. The third kappa shape index (κ3) is 5.33. The Kier molecular flexibility index (Phi) is 7.47. The van der Waals surface area contributed by atoms with Gasteiger partial charge in [0.1, 0.15) is 0 Å². The van der Waals surface area contributed by atoms with Crippen LogP contribution in [0.2, 0.25) is 0 Å². The van der Waals surface area contributed by atoms with E-state index in [1.54, 1.807) is 11.8 Å². The van der Waals surface area contributed by atoms with Crippen LogP contribution in [0.25, 0.3) is 0 Å². The Morgan fingerprint density at radius 3 is 2.48 bits per heavy atom. The minimum Gasteiger partial charge on any atom is -0.463 e. The van der Waals surface area contributed by atoms with Crippen LogP contribution in [-0.4, -0.2) is 48.5 Å². The predicted molar refractivity (Wildman–Crippen MR) is 121 cm³/mol. The number of hydrogen-bond acceptors (Lipinski definition) is 4. The smallest absolute Gasteiger partial charge is 0.338 e. The van der Waals surface area contributed by atoms with Crippen LogP contribution in [0, 0.1) is 6.92 Å². The largest absolute Gasteiger partial charge is 0.463 e. The van der Waals surface area contributed by atoms with E-state index in [1.807, 2.05) is 63.4 Å². The molecule has 3 rings (SSSR count). The number of nitrogens with one attached hydrogen (secondary N) is 1. The van der Waals surface area contributed by atoms with Crippen molar-refractivity contribution in [2.45, 2.75) is 33.4 Å². The zero-order valence-electron chi connectivity index (χ0n) is 18.7. The van der Waals surface area contributed by atoms with Crippen LogP contribution in [0.1, 0.15) is 36.6 Å². The van der Waals surface area contributed by atoms with Gasteiger partial charge >= 0.3 is 12.0 Å². The quantitative estimate of drug-likeness (QED) is 0.654. The standard InChI is InChI=1S/C25H31N3O3/c1-5-28-21(17-27(4)16-19-12-8-7-9-13-19)22(24(29)31-6-2)23(26-25(28)30)20-14-10-11-18(3)15-20/h7-15,23H,5-6,16-17H2,1-4H3,(H,26,30)/t23-/m0/s1. The van der Waals surface area contributed by atoms with Crippen LogP contribution in [0.15, 0.2) is 65.9 Å². The average Bonchev–Trinajstić information content (AvgIpc) is 2.74. The molecule has 0 fully saturated rings. The first-order valence-electron chi connectivity index (χ1n) is 10.7. The molecule has 31 heavy (non-hydrogen) atoms. The van der Waals surface area contributed by atoms with Gasteiger partial charge in [0.25, 0.3) is 0 Å². The van der Waals surface area contributed by atoms with E-state index in [1.165, 1.54) is 5.56 Å². The van der Waals surface area contributed by atoms with Crippen LogP contribution < -0.4 is 5.32 Å². The summed E-state index contributed by atoms with van der Waals surface area (Å²) in [5.74, 6) is -0.393. The zero-order valence-corrected chi connectivity index (χ0v) is 18.7. The minimum absolute atomic E-state index is 0.204. The van der Waals surface area contributed by atoms with E-state index in [-0.39, 0.29) is 12.6 Å². The lowest BCUT2D eigenvalue weighted by Gasteiger charge is -2.37. The Morgan fingerprint density at radius 1 is 1.10 bits per heavy atom. The molecule has 0 spiro atoms. The lowest BCUT2D eigenvalue weighted by molar-refractivity contribution is -0.139. The molecule has 1 aliphatic heterocycles. The van der Waals surface area contributed by atoms with Crippen molar-refractivity contribution >= 4 is 12.0 Å². The van der Waals surface area contributed by atoms with Crippen LogP contribution in [0.4, 0.5) is 4.79 Å². The summed E-state index contributed by atoms with van der Waals surface area (Å²) in [6, 6.07) is 17.2. The number of rotatable bonds is 8. The number of carbonyl (C=O) groups is 2. The van der Waals surface area contributed by atoms with Gasteiger partial charge in [0.15, 0.2) is 0 Å². The number of carbonyl (C=O) groups excluding carboxylic acids is 2. The van der Waals surface area contributed by atoms with E-state index in [4.69, 9.17) is 4.74 Å². The lowest BCUT2D eigenvalue weighted by atomic mass is 9.93. The summed E-state index contributed by atoms with van der Waals surface area (Å²) in [6.45, 7) is 7.59. The van der Waals surface area contributed by atoms with Crippen molar-refractivity contribution < 1.29 is 14.3 Å². The number of nitrogens with zero attached hydrogens (tertiary/aromatic N) is 2. The highest BCUT2D eigenvalue weighted by molar-refractivity contribution is 5.95. The molecule has 0 unspecified atom stereocenters. The number of esters is 1. The second-order valence-corrected chi connectivity index (χ2v) is 7.78. The highest BCUT2D eigenvalue weighted by Gasteiger charge is 2.37. The van der Waals surface area contributed by atoms with Crippen molar-refractivity contribution in [3.63, 3.8) is 0 Å². The van der Waals surface area contributed by atoms with Gasteiger partial charge < -0.3 is 10.1 Å². The molecule has 1 N–H and O–H groups in total. The summed E-state index contributed by atoms with van der Waals surface area (Å²) >= 11 is 0. The Bertz CT molecular complexity index is 955. The van der Waals surface area contributed by atoms with Crippen molar-refractivity contribution in [1.82, 2.24) is 15.1 Å². The molecule has 2 aromatic carbocycles. The number of hydrogen-bond donors (Lipinski definition) is 1. The molecule has 1 heterocycles. The first-order chi connectivity index (χ1) is 14.9. The second-order valence-electron chi connectivity index (χ2n) is 7.78. The molecule has 2 amide bonds. The van der Waals surface area contributed by atoms with E-state index < -0.39 is 12.0 Å². The van der Waals surface area contributed by atoms with Crippen LogP contribution in [0.3, 0.4) is 0 Å². The molecule has 1 aliphatic rings. The monoisotopic (exact) mass is 421 g/mol. The highest BCUT2D eigenvalue weighted by atomic mass is 16.5. The zero-order chi connectivity index (χ0) is 22.4. The normalized spacial score (nSPS) is 16.5. The maximum Gasteiger partial charge on any atom is 0.338 e. The highest BCUT2D eigenvalue weighted by Crippen LogP contribution is 2.32. The van der Waals surface area contributed by atoms with Crippen molar-refractivity contribution in [2.24, 2.45) is 0 Å². The third-order valence-electron chi connectivity index (χ3n) is 5.34. The number of aryl methyl sites for hydroxylation is 1. The molecule has 2 aromatic rings. The average molecular weight is 422 g/mol. The van der Waals surface area contributed by atoms with Crippen molar-refractivity contribution in [3.05, 3.63) is 82.6 Å². The van der Waals surface area contributed by atoms with Gasteiger partial charge in [-0.15, -0.1) is 0 Å². The summed E-state index contributed by atoms with van der Waals surface area (Å²) in [7, 11) is 1.99. The van der Waals surface area contributed by atoms with Gasteiger partial charge in [-0.1, -0.05) is 60.2 Å². The molecule has 6 heteroatoms. The molecule has 6 nitrogen and oxygen atoms in total. The molecule has 164 valence electrons. The molecule has 0 radical (unpaired) electrons. The Hall–Kier alpha value is -3.12. The van der Waals surface area contributed by atoms with Gasteiger partial charge in [-0.05, 0) is 38.9 Å². The van der Waals surface area contributed by atoms with Crippen molar-refractivity contribution in [3.8, 4) is 0 Å². The van der Waals surface area contributed by atoms with Crippen molar-refractivity contribution in [1.29, 1.82) is 0 Å². The van der Waals surface area contributed by atoms with Gasteiger partial charge in [0.2, 0.25) is 0 Å². The summed E-state index contributed by atoms with van der Waals surface area (Å²) in [6.07, 6.45) is 0. The van der Waals surface area contributed by atoms with Gasteiger partial charge in [0.05, 0.1) is 18.2 Å². The molecule has 0 saturated carbocycles. The predicted octanol–water partition coefficient (Wildman–Crippen LogP) is 4.03. The first kappa shape index (κ1) is 22.6. The van der Waals surface area contributed by atoms with Gasteiger partial charge in [0, 0.05) is 25.3 Å². The van der Waals surface area contributed by atoms with Crippen LogP contribution >= 0.6 is 0 Å². The van der Waals surface area contributed by atoms with E-state index in [0.717, 1.165) is 11.1 Å². The molecule has 0 aromatic heterocycles. The SMILES string of the molecule is CCOC(=O)C1=C(CN(C)Cc2ccccc2)N(CC)C(=O)N[C@H]1c1cccc(C)c1. The van der Waals surface area contributed by atoms with Crippen molar-refractivity contribution in [2.75, 3.05) is 26.7 Å². The third-order valence-corrected chi connectivity index (χ3v) is 5.34. The topological polar surface area (TPSA) is 61.9 Å². The molecular weight excluding hydrogens is 390 g/mol. The van der Waals surface area contributed by atoms with Gasteiger partial charge in [-0.2, -0.15) is 0 Å². The number of urea groups is 1. The van der Waals surface area contributed by atoms with E-state index in [0.29, 0.717) is 30.9 Å². The van der Waals surface area contributed by atoms with Gasteiger partial charge in [-0.3, -0.25) is 9.80 Å².